The van der Waals surface area contributed by atoms with Crippen molar-refractivity contribution in [1.29, 1.82) is 0 Å². The normalized spacial score (nSPS) is 22.8. The molecule has 0 aromatic carbocycles. The number of rotatable bonds is 2. The zero-order valence-electron chi connectivity index (χ0n) is 10.3. The lowest BCUT2D eigenvalue weighted by molar-refractivity contribution is -0.163. The van der Waals surface area contributed by atoms with Gasteiger partial charge in [-0.15, -0.1) is 0 Å². The fraction of sp³-hybridized carbons (Fsp3) is 0.818. The van der Waals surface area contributed by atoms with Crippen LogP contribution in [-0.2, 0) is 19.1 Å². The first-order chi connectivity index (χ1) is 7.26. The van der Waals surface area contributed by atoms with Crippen molar-refractivity contribution in [1.82, 2.24) is 4.90 Å². The molecule has 0 aliphatic carbocycles. The number of hydrogen-bond acceptors (Lipinski definition) is 5. The molecule has 1 saturated heterocycles. The average molecular weight is 229 g/mol. The molecule has 5 nitrogen and oxygen atoms in total. The topological polar surface area (TPSA) is 55.8 Å². The van der Waals surface area contributed by atoms with Crippen molar-refractivity contribution >= 4 is 11.9 Å². The van der Waals surface area contributed by atoms with E-state index in [1.54, 1.807) is 11.8 Å². The monoisotopic (exact) mass is 229 g/mol. The van der Waals surface area contributed by atoms with Gasteiger partial charge in [0.25, 0.3) is 0 Å². The number of ether oxygens (including phenoxy) is 2. The summed E-state index contributed by atoms with van der Waals surface area (Å²) in [7, 11) is 0. The van der Waals surface area contributed by atoms with Crippen molar-refractivity contribution in [3.05, 3.63) is 0 Å². The van der Waals surface area contributed by atoms with Gasteiger partial charge in [-0.05, 0) is 27.7 Å². The number of hydrogen-bond donors (Lipinski definition) is 0. The molecule has 0 unspecified atom stereocenters. The highest BCUT2D eigenvalue weighted by Crippen LogP contribution is 2.09. The molecule has 5 heteroatoms. The van der Waals surface area contributed by atoms with Gasteiger partial charge in [0.2, 0.25) is 0 Å². The van der Waals surface area contributed by atoms with E-state index in [0.29, 0.717) is 6.54 Å². The molecule has 1 rings (SSSR count). The Morgan fingerprint density at radius 1 is 1.56 bits per heavy atom. The van der Waals surface area contributed by atoms with Gasteiger partial charge in [-0.1, -0.05) is 0 Å². The van der Waals surface area contributed by atoms with Crippen molar-refractivity contribution in [3.8, 4) is 0 Å². The third-order valence-electron chi connectivity index (χ3n) is 1.97. The third kappa shape index (κ3) is 4.61. The maximum Gasteiger partial charge on any atom is 0.320 e. The van der Waals surface area contributed by atoms with Crippen LogP contribution in [0.25, 0.3) is 0 Å². The number of morpholine rings is 1. The first-order valence-corrected chi connectivity index (χ1v) is 5.40. The first kappa shape index (κ1) is 13.0. The molecule has 1 aliphatic rings. The smallest absolute Gasteiger partial charge is 0.320 e. The zero-order chi connectivity index (χ0) is 12.3. The molecule has 92 valence electrons. The predicted molar refractivity (Wildman–Crippen MR) is 57.8 cm³/mol. The van der Waals surface area contributed by atoms with E-state index in [0.717, 1.165) is 0 Å². The Kier molecular flexibility index (Phi) is 3.91. The summed E-state index contributed by atoms with van der Waals surface area (Å²) in [6, 6.07) is 0. The van der Waals surface area contributed by atoms with Crippen LogP contribution in [0.15, 0.2) is 0 Å². The van der Waals surface area contributed by atoms with Crippen molar-refractivity contribution in [2.75, 3.05) is 19.6 Å². The van der Waals surface area contributed by atoms with E-state index in [1.807, 2.05) is 20.8 Å². The van der Waals surface area contributed by atoms with Crippen LogP contribution < -0.4 is 0 Å². The summed E-state index contributed by atoms with van der Waals surface area (Å²) in [5.41, 5.74) is -0.487. The Hall–Kier alpha value is -1.10. The molecule has 1 fully saturated rings. The molecule has 0 radical (unpaired) electrons. The van der Waals surface area contributed by atoms with E-state index >= 15 is 0 Å². The quantitative estimate of drug-likeness (QED) is 0.648. The SMILES string of the molecule is C[C@@H]1CN(CC(=O)OC(C)(C)C)CC(=O)O1. The first-order valence-electron chi connectivity index (χ1n) is 5.40. The van der Waals surface area contributed by atoms with Gasteiger partial charge in [0, 0.05) is 6.54 Å². The van der Waals surface area contributed by atoms with Crippen LogP contribution in [0, 0.1) is 0 Å². The summed E-state index contributed by atoms with van der Waals surface area (Å²) in [4.78, 5) is 24.4. The molecule has 0 spiro atoms. The molecule has 0 aromatic rings. The fourth-order valence-corrected chi connectivity index (χ4v) is 1.59. The Balaban J connectivity index is 2.42. The standard InChI is InChI=1S/C11H19NO4/c1-8-5-12(6-9(13)15-8)7-10(14)16-11(2,3)4/h8H,5-7H2,1-4H3/t8-/m1/s1. The van der Waals surface area contributed by atoms with Gasteiger partial charge in [0.15, 0.2) is 0 Å². The molecular weight excluding hydrogens is 210 g/mol. The summed E-state index contributed by atoms with van der Waals surface area (Å²) < 4.78 is 10.1. The molecule has 16 heavy (non-hydrogen) atoms. The molecule has 0 saturated carbocycles. The van der Waals surface area contributed by atoms with Gasteiger partial charge in [0.05, 0.1) is 13.1 Å². The number of carbonyl (C=O) groups is 2. The maximum atomic E-state index is 11.5. The van der Waals surface area contributed by atoms with Gasteiger partial charge < -0.3 is 9.47 Å². The molecule has 0 aromatic heterocycles. The lowest BCUT2D eigenvalue weighted by Gasteiger charge is -2.30. The summed E-state index contributed by atoms with van der Waals surface area (Å²) in [6.07, 6.45) is -0.163. The van der Waals surface area contributed by atoms with Crippen LogP contribution in [0.2, 0.25) is 0 Å². The summed E-state index contributed by atoms with van der Waals surface area (Å²) in [6.45, 7) is 8.12. The van der Waals surface area contributed by atoms with E-state index in [1.165, 1.54) is 0 Å². The Morgan fingerprint density at radius 3 is 2.69 bits per heavy atom. The van der Waals surface area contributed by atoms with Crippen molar-refractivity contribution < 1.29 is 19.1 Å². The van der Waals surface area contributed by atoms with Crippen LogP contribution in [0.4, 0.5) is 0 Å². The molecule has 1 atom stereocenters. The highest BCUT2D eigenvalue weighted by atomic mass is 16.6. The maximum absolute atomic E-state index is 11.5. The van der Waals surface area contributed by atoms with Crippen LogP contribution in [0.3, 0.4) is 0 Å². The zero-order valence-corrected chi connectivity index (χ0v) is 10.3. The highest BCUT2D eigenvalue weighted by molar-refractivity contribution is 5.76. The molecular formula is C11H19NO4. The van der Waals surface area contributed by atoms with Crippen molar-refractivity contribution in [3.63, 3.8) is 0 Å². The molecule has 0 amide bonds. The highest BCUT2D eigenvalue weighted by Gasteiger charge is 2.26. The van der Waals surface area contributed by atoms with Crippen LogP contribution >= 0.6 is 0 Å². The summed E-state index contributed by atoms with van der Waals surface area (Å²) in [5.74, 6) is -0.600. The Bertz CT molecular complexity index is 282. The summed E-state index contributed by atoms with van der Waals surface area (Å²) in [5, 5.41) is 0. The van der Waals surface area contributed by atoms with E-state index in [2.05, 4.69) is 0 Å². The second-order valence-electron chi connectivity index (χ2n) is 5.06. The average Bonchev–Trinajstić information content (AvgIpc) is 1.96. The minimum atomic E-state index is -0.487. The lowest BCUT2D eigenvalue weighted by atomic mass is 10.2. The van der Waals surface area contributed by atoms with Crippen LogP contribution in [0.5, 0.6) is 0 Å². The van der Waals surface area contributed by atoms with Gasteiger partial charge in [0.1, 0.15) is 11.7 Å². The van der Waals surface area contributed by atoms with Crippen molar-refractivity contribution in [2.24, 2.45) is 0 Å². The third-order valence-corrected chi connectivity index (χ3v) is 1.97. The van der Waals surface area contributed by atoms with Crippen molar-refractivity contribution in [2.45, 2.75) is 39.4 Å². The van der Waals surface area contributed by atoms with Gasteiger partial charge >= 0.3 is 11.9 Å². The van der Waals surface area contributed by atoms with Gasteiger partial charge in [-0.3, -0.25) is 14.5 Å². The fourth-order valence-electron chi connectivity index (χ4n) is 1.59. The number of esters is 2. The molecule has 0 N–H and O–H groups in total. The Morgan fingerprint density at radius 2 is 2.19 bits per heavy atom. The second kappa shape index (κ2) is 4.82. The molecule has 0 bridgehead atoms. The van der Waals surface area contributed by atoms with E-state index in [-0.39, 0.29) is 31.1 Å². The number of carbonyl (C=O) groups excluding carboxylic acids is 2. The Labute approximate surface area is 95.7 Å². The minimum absolute atomic E-state index is 0.136. The van der Waals surface area contributed by atoms with Gasteiger partial charge in [-0.2, -0.15) is 0 Å². The van der Waals surface area contributed by atoms with E-state index in [9.17, 15) is 9.59 Å². The van der Waals surface area contributed by atoms with Gasteiger partial charge in [-0.25, -0.2) is 0 Å². The number of nitrogens with zero attached hydrogens (tertiary/aromatic N) is 1. The summed E-state index contributed by atoms with van der Waals surface area (Å²) >= 11 is 0. The number of cyclic esters (lactones) is 1. The van der Waals surface area contributed by atoms with E-state index in [4.69, 9.17) is 9.47 Å². The van der Waals surface area contributed by atoms with Crippen LogP contribution in [0.1, 0.15) is 27.7 Å². The minimum Gasteiger partial charge on any atom is -0.460 e. The van der Waals surface area contributed by atoms with Crippen LogP contribution in [-0.4, -0.2) is 48.2 Å². The molecule has 1 heterocycles. The molecule has 1 aliphatic heterocycles. The van der Waals surface area contributed by atoms with E-state index < -0.39 is 5.60 Å². The second-order valence-corrected chi connectivity index (χ2v) is 5.06. The largest absolute Gasteiger partial charge is 0.460 e. The predicted octanol–water partition coefficient (Wildman–Crippen LogP) is 0.575. The lowest BCUT2D eigenvalue weighted by Crippen LogP contribution is -2.47.